The van der Waals surface area contributed by atoms with Crippen LogP contribution in [-0.2, 0) is 18.0 Å². The molecule has 0 aliphatic carbocycles. The van der Waals surface area contributed by atoms with Gasteiger partial charge >= 0.3 is 6.18 Å². The number of halogens is 6. The normalized spacial score (nSPS) is 12.0. The average molecular weight is 408 g/mol. The van der Waals surface area contributed by atoms with E-state index in [9.17, 15) is 22.0 Å². The lowest BCUT2D eigenvalue weighted by Crippen LogP contribution is -2.13. The number of benzene rings is 1. The van der Waals surface area contributed by atoms with Gasteiger partial charge in [0.15, 0.2) is 24.2 Å². The van der Waals surface area contributed by atoms with Gasteiger partial charge in [0.2, 0.25) is 0 Å². The van der Waals surface area contributed by atoms with E-state index in [1.807, 2.05) is 0 Å². The van der Waals surface area contributed by atoms with Gasteiger partial charge in [-0.15, -0.1) is 0 Å². The fraction of sp³-hybridized carbons (Fsp3) is 0.250. The molecule has 11 heteroatoms. The van der Waals surface area contributed by atoms with E-state index in [0.29, 0.717) is 11.6 Å². The zero-order chi connectivity index (χ0) is 19.9. The van der Waals surface area contributed by atoms with Crippen molar-refractivity contribution < 1.29 is 31.4 Å². The number of pyridine rings is 1. The van der Waals surface area contributed by atoms with Crippen molar-refractivity contribution in [3.63, 3.8) is 0 Å². The highest BCUT2D eigenvalue weighted by atomic mass is 35.5. The van der Waals surface area contributed by atoms with E-state index >= 15 is 0 Å². The number of ether oxygens (including phenoxy) is 2. The Bertz CT molecular complexity index is 1020. The van der Waals surface area contributed by atoms with E-state index in [-0.39, 0.29) is 16.2 Å². The number of methoxy groups -OCH3 is 1. The third-order valence-electron chi connectivity index (χ3n) is 3.74. The maximum absolute atomic E-state index is 14.8. The van der Waals surface area contributed by atoms with Crippen LogP contribution in [0.4, 0.5) is 22.0 Å². The third-order valence-corrected chi connectivity index (χ3v) is 3.95. The van der Waals surface area contributed by atoms with Gasteiger partial charge in [-0.1, -0.05) is 11.6 Å². The van der Waals surface area contributed by atoms with E-state index < -0.39 is 41.5 Å². The molecular weight excluding hydrogens is 397 g/mol. The molecule has 2 heterocycles. The van der Waals surface area contributed by atoms with Crippen LogP contribution >= 0.6 is 11.6 Å². The van der Waals surface area contributed by atoms with E-state index in [1.54, 1.807) is 0 Å². The Kier molecular flexibility index (Phi) is 4.96. The quantitative estimate of drug-likeness (QED) is 0.361. The Labute approximate surface area is 154 Å². The maximum atomic E-state index is 14.8. The lowest BCUT2D eigenvalue weighted by Gasteiger charge is -2.15. The highest BCUT2D eigenvalue weighted by molar-refractivity contribution is 6.30. The molecule has 1 aromatic carbocycles. The van der Waals surface area contributed by atoms with E-state index in [1.165, 1.54) is 24.0 Å². The zero-order valence-corrected chi connectivity index (χ0v) is 14.6. The SMILES string of the molecule is COCOc1c(F)c(-c2nn(C)c3cc(Cl)ncc23)cc(C(F)(F)F)c1F. The highest BCUT2D eigenvalue weighted by Gasteiger charge is 2.38. The molecule has 0 unspecified atom stereocenters. The first-order valence-corrected chi connectivity index (χ1v) is 7.72. The predicted molar refractivity (Wildman–Crippen MR) is 86.4 cm³/mol. The molecule has 3 rings (SSSR count). The van der Waals surface area contributed by atoms with Crippen LogP contribution in [0.3, 0.4) is 0 Å². The van der Waals surface area contributed by atoms with Crippen LogP contribution in [0, 0.1) is 11.6 Å². The summed E-state index contributed by atoms with van der Waals surface area (Å²) < 4.78 is 79.3. The number of nitrogens with zero attached hydrogens (tertiary/aromatic N) is 3. The number of aryl methyl sites for hydroxylation is 1. The van der Waals surface area contributed by atoms with Crippen LogP contribution in [0.2, 0.25) is 5.15 Å². The molecule has 0 radical (unpaired) electrons. The summed E-state index contributed by atoms with van der Waals surface area (Å²) in [5, 5.41) is 4.39. The van der Waals surface area contributed by atoms with Crippen LogP contribution in [0.15, 0.2) is 18.3 Å². The molecule has 0 aliphatic rings. The van der Waals surface area contributed by atoms with Crippen LogP contribution in [0.1, 0.15) is 5.56 Å². The van der Waals surface area contributed by atoms with Crippen LogP contribution < -0.4 is 4.74 Å². The lowest BCUT2D eigenvalue weighted by atomic mass is 10.0. The lowest BCUT2D eigenvalue weighted by molar-refractivity contribution is -0.140. The van der Waals surface area contributed by atoms with E-state index in [0.717, 1.165) is 7.11 Å². The summed E-state index contributed by atoms with van der Waals surface area (Å²) >= 11 is 5.81. The Morgan fingerprint density at radius 2 is 1.89 bits per heavy atom. The first kappa shape index (κ1) is 19.3. The Hall–Kier alpha value is -2.46. The summed E-state index contributed by atoms with van der Waals surface area (Å²) in [6, 6.07) is 1.77. The third kappa shape index (κ3) is 3.42. The molecule has 144 valence electrons. The average Bonchev–Trinajstić information content (AvgIpc) is 2.90. The second kappa shape index (κ2) is 6.93. The minimum absolute atomic E-state index is 0.122. The summed E-state index contributed by atoms with van der Waals surface area (Å²) in [5.74, 6) is -4.42. The first-order chi connectivity index (χ1) is 12.6. The van der Waals surface area contributed by atoms with Crippen molar-refractivity contribution >= 4 is 22.5 Å². The van der Waals surface area contributed by atoms with Crippen molar-refractivity contribution in [1.82, 2.24) is 14.8 Å². The molecule has 27 heavy (non-hydrogen) atoms. The Morgan fingerprint density at radius 3 is 2.52 bits per heavy atom. The Morgan fingerprint density at radius 1 is 1.19 bits per heavy atom. The molecule has 0 saturated carbocycles. The van der Waals surface area contributed by atoms with Gasteiger partial charge in [-0.2, -0.15) is 18.3 Å². The largest absolute Gasteiger partial charge is 0.461 e. The molecular formula is C16H11ClF5N3O2. The van der Waals surface area contributed by atoms with Crippen LogP contribution in [-0.4, -0.2) is 28.7 Å². The number of rotatable bonds is 4. The molecule has 0 saturated heterocycles. The fourth-order valence-electron chi connectivity index (χ4n) is 2.56. The smallest absolute Gasteiger partial charge is 0.419 e. The van der Waals surface area contributed by atoms with Crippen LogP contribution in [0.25, 0.3) is 22.2 Å². The van der Waals surface area contributed by atoms with Crippen molar-refractivity contribution in [3.8, 4) is 17.0 Å². The molecule has 0 aliphatic heterocycles. The molecule has 3 aromatic rings. The molecule has 0 atom stereocenters. The second-order valence-corrected chi connectivity index (χ2v) is 5.86. The molecule has 0 spiro atoms. The summed E-state index contributed by atoms with van der Waals surface area (Å²) in [6.07, 6.45) is -3.84. The number of alkyl halides is 3. The zero-order valence-electron chi connectivity index (χ0n) is 13.9. The number of hydrogen-bond donors (Lipinski definition) is 0. The molecule has 5 nitrogen and oxygen atoms in total. The van der Waals surface area contributed by atoms with E-state index in [2.05, 4.69) is 14.8 Å². The minimum Gasteiger partial charge on any atom is -0.461 e. The van der Waals surface area contributed by atoms with Gasteiger partial charge in [0, 0.05) is 37.4 Å². The minimum atomic E-state index is -5.08. The van der Waals surface area contributed by atoms with Crippen molar-refractivity contribution in [2.75, 3.05) is 13.9 Å². The predicted octanol–water partition coefficient (Wildman–Crippen LogP) is 4.57. The first-order valence-electron chi connectivity index (χ1n) is 7.34. The molecule has 0 fully saturated rings. The van der Waals surface area contributed by atoms with Gasteiger partial charge in [-0.3, -0.25) is 4.68 Å². The molecule has 0 bridgehead atoms. The molecule has 0 amide bonds. The van der Waals surface area contributed by atoms with Crippen molar-refractivity contribution in [3.05, 3.63) is 40.7 Å². The summed E-state index contributed by atoms with van der Waals surface area (Å²) in [6.45, 7) is -0.644. The number of fused-ring (bicyclic) bond motifs is 1. The number of hydrogen-bond acceptors (Lipinski definition) is 4. The van der Waals surface area contributed by atoms with Crippen molar-refractivity contribution in [2.24, 2.45) is 7.05 Å². The van der Waals surface area contributed by atoms with Gasteiger partial charge in [0.25, 0.3) is 0 Å². The summed E-state index contributed by atoms with van der Waals surface area (Å²) in [7, 11) is 2.66. The fourth-order valence-corrected chi connectivity index (χ4v) is 2.71. The van der Waals surface area contributed by atoms with Gasteiger partial charge in [-0.25, -0.2) is 13.8 Å². The highest BCUT2D eigenvalue weighted by Crippen LogP contribution is 2.42. The van der Waals surface area contributed by atoms with Crippen molar-refractivity contribution in [1.29, 1.82) is 0 Å². The van der Waals surface area contributed by atoms with Crippen LogP contribution in [0.5, 0.6) is 5.75 Å². The molecule has 0 N–H and O–H groups in total. The second-order valence-electron chi connectivity index (χ2n) is 5.47. The Balaban J connectivity index is 2.33. The van der Waals surface area contributed by atoms with Crippen molar-refractivity contribution in [2.45, 2.75) is 6.18 Å². The summed E-state index contributed by atoms with van der Waals surface area (Å²) in [5.41, 5.74) is -2.04. The number of aromatic nitrogens is 3. The standard InChI is InChI=1S/C16H11ClF5N3O2/c1-25-10-4-11(17)23-5-8(10)14(24-25)7-3-9(16(20,21)22)13(19)15(12(7)18)27-6-26-2/h3-5H,6H2,1-2H3. The summed E-state index contributed by atoms with van der Waals surface area (Å²) in [4.78, 5) is 3.84. The topological polar surface area (TPSA) is 49.2 Å². The van der Waals surface area contributed by atoms with Gasteiger partial charge < -0.3 is 9.47 Å². The van der Waals surface area contributed by atoms with Gasteiger partial charge in [0.05, 0.1) is 11.1 Å². The van der Waals surface area contributed by atoms with Gasteiger partial charge in [-0.05, 0) is 6.07 Å². The maximum Gasteiger partial charge on any atom is 0.419 e. The van der Waals surface area contributed by atoms with E-state index in [4.69, 9.17) is 16.3 Å². The monoisotopic (exact) mass is 407 g/mol. The molecule has 2 aromatic heterocycles. The van der Waals surface area contributed by atoms with Gasteiger partial charge in [0.1, 0.15) is 10.8 Å².